The largest absolute Gasteiger partial charge is 0.497 e. The molecule has 0 fully saturated rings. The van der Waals surface area contributed by atoms with E-state index in [9.17, 15) is 9.59 Å². The molecule has 0 saturated carbocycles. The number of amides is 2. The number of methoxy groups -OCH3 is 1. The van der Waals surface area contributed by atoms with Crippen molar-refractivity contribution in [1.29, 1.82) is 0 Å². The highest BCUT2D eigenvalue weighted by Crippen LogP contribution is 2.15. The van der Waals surface area contributed by atoms with Crippen LogP contribution in [0.2, 0.25) is 0 Å². The molecule has 0 heterocycles. The van der Waals surface area contributed by atoms with Crippen molar-refractivity contribution in [2.75, 3.05) is 23.9 Å². The topological polar surface area (TPSA) is 67.4 Å². The van der Waals surface area contributed by atoms with Gasteiger partial charge in [-0.3, -0.25) is 9.59 Å². The third-order valence-corrected chi connectivity index (χ3v) is 4.51. The van der Waals surface area contributed by atoms with E-state index >= 15 is 0 Å². The monoisotopic (exact) mass is 358 g/mol. The van der Waals surface area contributed by atoms with Crippen LogP contribution < -0.4 is 15.4 Å². The maximum Gasteiger partial charge on any atom is 0.234 e. The van der Waals surface area contributed by atoms with Crippen molar-refractivity contribution in [3.05, 3.63) is 59.7 Å². The first-order valence-electron chi connectivity index (χ1n) is 7.91. The van der Waals surface area contributed by atoms with Crippen molar-refractivity contribution in [3.63, 3.8) is 0 Å². The molecule has 2 aromatic rings. The number of rotatable bonds is 8. The van der Waals surface area contributed by atoms with E-state index in [1.165, 1.54) is 11.8 Å². The number of anilines is 1. The molecule has 0 bridgehead atoms. The lowest BCUT2D eigenvalue weighted by molar-refractivity contribution is -0.118. The van der Waals surface area contributed by atoms with Crippen LogP contribution in [0.4, 0.5) is 5.69 Å². The second-order valence-electron chi connectivity index (χ2n) is 5.47. The quantitative estimate of drug-likeness (QED) is 0.761. The zero-order valence-electron chi connectivity index (χ0n) is 14.4. The van der Waals surface area contributed by atoms with Gasteiger partial charge >= 0.3 is 0 Å². The Morgan fingerprint density at radius 3 is 2.36 bits per heavy atom. The molecule has 2 N–H and O–H groups in total. The standard InChI is InChI=1S/C19H22N2O3S/c1-14-5-3-4-6-15(14)11-20-18(22)12-25-13-19(23)21-16-7-9-17(24-2)10-8-16/h3-10H,11-13H2,1-2H3,(H,20,22)(H,21,23). The Labute approximate surface area is 152 Å². The molecule has 2 aromatic carbocycles. The van der Waals surface area contributed by atoms with E-state index in [0.29, 0.717) is 12.2 Å². The predicted octanol–water partition coefficient (Wildman–Crippen LogP) is 2.99. The van der Waals surface area contributed by atoms with Gasteiger partial charge in [0.2, 0.25) is 11.8 Å². The summed E-state index contributed by atoms with van der Waals surface area (Å²) in [7, 11) is 1.59. The normalized spacial score (nSPS) is 10.2. The number of ether oxygens (including phenoxy) is 1. The van der Waals surface area contributed by atoms with Gasteiger partial charge in [0.15, 0.2) is 0 Å². The van der Waals surface area contributed by atoms with Crippen LogP contribution in [0.15, 0.2) is 48.5 Å². The summed E-state index contributed by atoms with van der Waals surface area (Å²) in [5.41, 5.74) is 2.95. The fraction of sp³-hybridized carbons (Fsp3) is 0.263. The lowest BCUT2D eigenvalue weighted by atomic mass is 10.1. The van der Waals surface area contributed by atoms with E-state index in [4.69, 9.17) is 4.74 Å². The van der Waals surface area contributed by atoms with Gasteiger partial charge in [0, 0.05) is 12.2 Å². The van der Waals surface area contributed by atoms with Gasteiger partial charge in [0.25, 0.3) is 0 Å². The molecule has 0 saturated heterocycles. The van der Waals surface area contributed by atoms with Gasteiger partial charge in [0.05, 0.1) is 18.6 Å². The molecule has 2 rings (SSSR count). The van der Waals surface area contributed by atoms with E-state index in [0.717, 1.165) is 16.9 Å². The zero-order chi connectivity index (χ0) is 18.1. The maximum absolute atomic E-state index is 11.9. The number of thioether (sulfide) groups is 1. The van der Waals surface area contributed by atoms with E-state index in [-0.39, 0.29) is 23.3 Å². The first kappa shape index (κ1) is 18.9. The summed E-state index contributed by atoms with van der Waals surface area (Å²) in [4.78, 5) is 23.7. The van der Waals surface area contributed by atoms with Crippen LogP contribution >= 0.6 is 11.8 Å². The molecule has 2 amide bonds. The van der Waals surface area contributed by atoms with Crippen LogP contribution in [-0.2, 0) is 16.1 Å². The predicted molar refractivity (Wildman–Crippen MR) is 102 cm³/mol. The summed E-state index contributed by atoms with van der Waals surface area (Å²) in [6.45, 7) is 2.52. The Balaban J connectivity index is 1.66. The van der Waals surface area contributed by atoms with Crippen LogP contribution in [0.3, 0.4) is 0 Å². The molecule has 0 radical (unpaired) electrons. The zero-order valence-corrected chi connectivity index (χ0v) is 15.2. The molecule has 25 heavy (non-hydrogen) atoms. The molecule has 6 heteroatoms. The SMILES string of the molecule is COc1ccc(NC(=O)CSCC(=O)NCc2ccccc2C)cc1. The summed E-state index contributed by atoms with van der Waals surface area (Å²) in [5.74, 6) is 0.996. The number of aryl methyl sites for hydroxylation is 1. The third kappa shape index (κ3) is 6.51. The summed E-state index contributed by atoms with van der Waals surface area (Å²) in [6.07, 6.45) is 0. The van der Waals surface area contributed by atoms with Crippen molar-refractivity contribution in [1.82, 2.24) is 5.32 Å². The first-order valence-corrected chi connectivity index (χ1v) is 9.07. The number of hydrogen-bond donors (Lipinski definition) is 2. The van der Waals surface area contributed by atoms with Gasteiger partial charge in [-0.05, 0) is 42.3 Å². The van der Waals surface area contributed by atoms with E-state index in [1.54, 1.807) is 31.4 Å². The fourth-order valence-electron chi connectivity index (χ4n) is 2.16. The number of carbonyl (C=O) groups excluding carboxylic acids is 2. The minimum Gasteiger partial charge on any atom is -0.497 e. The van der Waals surface area contributed by atoms with Crippen LogP contribution in [0.1, 0.15) is 11.1 Å². The van der Waals surface area contributed by atoms with Gasteiger partial charge in [-0.25, -0.2) is 0 Å². The van der Waals surface area contributed by atoms with Crippen LogP contribution in [0, 0.1) is 6.92 Å². The fourth-order valence-corrected chi connectivity index (χ4v) is 2.81. The summed E-state index contributed by atoms with van der Waals surface area (Å²) in [6, 6.07) is 15.0. The van der Waals surface area contributed by atoms with Crippen LogP contribution in [-0.4, -0.2) is 30.4 Å². The first-order chi connectivity index (χ1) is 12.1. The van der Waals surface area contributed by atoms with Gasteiger partial charge in [-0.1, -0.05) is 24.3 Å². The number of nitrogens with one attached hydrogen (secondary N) is 2. The van der Waals surface area contributed by atoms with Crippen molar-refractivity contribution >= 4 is 29.3 Å². The summed E-state index contributed by atoms with van der Waals surface area (Å²) >= 11 is 1.29. The second-order valence-corrected chi connectivity index (χ2v) is 6.46. The molecule has 0 unspecified atom stereocenters. The Kier molecular flexibility index (Phi) is 7.35. The maximum atomic E-state index is 11.9. The highest BCUT2D eigenvalue weighted by atomic mass is 32.2. The average molecular weight is 358 g/mol. The van der Waals surface area contributed by atoms with Crippen LogP contribution in [0.25, 0.3) is 0 Å². The van der Waals surface area contributed by atoms with Gasteiger partial charge in [-0.2, -0.15) is 0 Å². The third-order valence-electron chi connectivity index (χ3n) is 3.58. The molecular weight excluding hydrogens is 336 g/mol. The molecule has 0 spiro atoms. The van der Waals surface area contributed by atoms with Crippen molar-refractivity contribution < 1.29 is 14.3 Å². The highest BCUT2D eigenvalue weighted by Gasteiger charge is 2.07. The molecule has 0 aliphatic carbocycles. The number of hydrogen-bond acceptors (Lipinski definition) is 4. The highest BCUT2D eigenvalue weighted by molar-refractivity contribution is 8.00. The van der Waals surface area contributed by atoms with Gasteiger partial charge in [0.1, 0.15) is 5.75 Å². The van der Waals surface area contributed by atoms with Crippen molar-refractivity contribution in [3.8, 4) is 5.75 Å². The smallest absolute Gasteiger partial charge is 0.234 e. The Morgan fingerprint density at radius 1 is 1.00 bits per heavy atom. The average Bonchev–Trinajstić information content (AvgIpc) is 2.61. The molecule has 5 nitrogen and oxygen atoms in total. The van der Waals surface area contributed by atoms with Crippen LogP contribution in [0.5, 0.6) is 5.75 Å². The van der Waals surface area contributed by atoms with E-state index in [2.05, 4.69) is 10.6 Å². The van der Waals surface area contributed by atoms with E-state index in [1.807, 2.05) is 31.2 Å². The lowest BCUT2D eigenvalue weighted by Crippen LogP contribution is -2.26. The minimum absolute atomic E-state index is 0.0782. The van der Waals surface area contributed by atoms with Crippen molar-refractivity contribution in [2.45, 2.75) is 13.5 Å². The minimum atomic E-state index is -0.137. The number of benzene rings is 2. The Bertz CT molecular complexity index is 717. The van der Waals surface area contributed by atoms with Gasteiger partial charge < -0.3 is 15.4 Å². The molecule has 0 aromatic heterocycles. The Hall–Kier alpha value is -2.47. The number of carbonyl (C=O) groups is 2. The molecule has 0 aliphatic heterocycles. The van der Waals surface area contributed by atoms with E-state index < -0.39 is 0 Å². The summed E-state index contributed by atoms with van der Waals surface area (Å²) < 4.78 is 5.07. The second kappa shape index (κ2) is 9.74. The van der Waals surface area contributed by atoms with Crippen molar-refractivity contribution in [2.24, 2.45) is 0 Å². The Morgan fingerprint density at radius 2 is 1.68 bits per heavy atom. The van der Waals surface area contributed by atoms with Gasteiger partial charge in [-0.15, -0.1) is 11.8 Å². The molecule has 0 atom stereocenters. The molecular formula is C19H22N2O3S. The molecule has 0 aliphatic rings. The molecule has 132 valence electrons. The lowest BCUT2D eigenvalue weighted by Gasteiger charge is -2.08. The summed E-state index contributed by atoms with van der Waals surface area (Å²) in [5, 5.41) is 5.66.